The summed E-state index contributed by atoms with van der Waals surface area (Å²) >= 11 is 6.01. The standard InChI is InChI=1S/C20H31ClN2O3S/c1-6-27(25,26)22-18(14(2)3)19(24)23-12-11-17(20(4,5)13-23)15-7-9-16(21)10-8-15/h7-10,14,17-18,22H,6,11-13H2,1-5H3/t17-,18-/m1/s1. The smallest absolute Gasteiger partial charge is 0.241 e. The number of piperidine rings is 1. The third kappa shape index (κ3) is 5.46. The number of likely N-dealkylation sites (tertiary alicyclic amines) is 1. The number of amides is 1. The Morgan fingerprint density at radius 3 is 2.37 bits per heavy atom. The molecule has 0 bridgehead atoms. The van der Waals surface area contributed by atoms with Crippen molar-refractivity contribution >= 4 is 27.5 Å². The molecule has 7 heteroatoms. The van der Waals surface area contributed by atoms with Gasteiger partial charge in [-0.2, -0.15) is 0 Å². The Morgan fingerprint density at radius 2 is 1.89 bits per heavy atom. The van der Waals surface area contributed by atoms with Gasteiger partial charge < -0.3 is 4.90 Å². The molecule has 1 amide bonds. The lowest BCUT2D eigenvalue weighted by molar-refractivity contribution is -0.137. The van der Waals surface area contributed by atoms with Crippen LogP contribution in [0, 0.1) is 11.3 Å². The minimum atomic E-state index is -3.44. The number of nitrogens with zero attached hydrogens (tertiary/aromatic N) is 1. The fourth-order valence-electron chi connectivity index (χ4n) is 3.80. The van der Waals surface area contributed by atoms with Crippen LogP contribution < -0.4 is 4.72 Å². The molecule has 1 aliphatic heterocycles. The quantitative estimate of drug-likeness (QED) is 0.772. The molecular formula is C20H31ClN2O3S. The lowest BCUT2D eigenvalue weighted by atomic mass is 9.70. The van der Waals surface area contributed by atoms with Crippen LogP contribution in [0.5, 0.6) is 0 Å². The molecule has 1 aliphatic rings. The summed E-state index contributed by atoms with van der Waals surface area (Å²) in [6, 6.07) is 7.19. The van der Waals surface area contributed by atoms with E-state index in [1.807, 2.05) is 30.9 Å². The van der Waals surface area contributed by atoms with E-state index in [1.54, 1.807) is 6.92 Å². The highest BCUT2D eigenvalue weighted by Crippen LogP contribution is 2.42. The van der Waals surface area contributed by atoms with Crippen molar-refractivity contribution in [1.82, 2.24) is 9.62 Å². The fourth-order valence-corrected chi connectivity index (χ4v) is 4.86. The first-order chi connectivity index (χ1) is 12.5. The highest BCUT2D eigenvalue weighted by atomic mass is 35.5. The van der Waals surface area contributed by atoms with E-state index in [4.69, 9.17) is 11.6 Å². The minimum Gasteiger partial charge on any atom is -0.341 e. The second-order valence-corrected chi connectivity index (χ2v) is 10.9. The number of carbonyl (C=O) groups is 1. The molecule has 2 atom stereocenters. The molecule has 1 fully saturated rings. The van der Waals surface area contributed by atoms with E-state index >= 15 is 0 Å². The molecule has 0 aromatic heterocycles. The molecule has 1 N–H and O–H groups in total. The number of hydrogen-bond donors (Lipinski definition) is 1. The van der Waals surface area contributed by atoms with E-state index in [1.165, 1.54) is 5.56 Å². The van der Waals surface area contributed by atoms with Crippen molar-refractivity contribution in [2.45, 2.75) is 53.0 Å². The monoisotopic (exact) mass is 414 g/mol. The van der Waals surface area contributed by atoms with Gasteiger partial charge in [0.1, 0.15) is 6.04 Å². The minimum absolute atomic E-state index is 0.0341. The maximum atomic E-state index is 13.1. The highest BCUT2D eigenvalue weighted by Gasteiger charge is 2.40. The first kappa shape index (κ1) is 22.2. The van der Waals surface area contributed by atoms with Crippen LogP contribution in [0.1, 0.15) is 52.5 Å². The molecule has 2 rings (SSSR count). The molecule has 152 valence electrons. The Hall–Kier alpha value is -1.11. The van der Waals surface area contributed by atoms with Crippen LogP contribution in [-0.4, -0.2) is 44.1 Å². The number of hydrogen-bond acceptors (Lipinski definition) is 3. The van der Waals surface area contributed by atoms with E-state index in [-0.39, 0.29) is 23.0 Å². The third-order valence-electron chi connectivity index (χ3n) is 5.43. The van der Waals surface area contributed by atoms with E-state index in [9.17, 15) is 13.2 Å². The van der Waals surface area contributed by atoms with Crippen molar-refractivity contribution in [3.05, 3.63) is 34.9 Å². The first-order valence-electron chi connectivity index (χ1n) is 9.51. The predicted octanol–water partition coefficient (Wildman–Crippen LogP) is 3.65. The average molecular weight is 415 g/mol. The first-order valence-corrected chi connectivity index (χ1v) is 11.5. The molecule has 1 aromatic carbocycles. The van der Waals surface area contributed by atoms with Gasteiger partial charge in [0.15, 0.2) is 0 Å². The molecule has 5 nitrogen and oxygen atoms in total. The van der Waals surface area contributed by atoms with Gasteiger partial charge in [0.2, 0.25) is 15.9 Å². The number of benzene rings is 1. The van der Waals surface area contributed by atoms with E-state index in [0.717, 1.165) is 6.42 Å². The summed E-state index contributed by atoms with van der Waals surface area (Å²) < 4.78 is 26.6. The number of rotatable bonds is 6. The Balaban J connectivity index is 2.16. The molecule has 1 heterocycles. The Labute approximate surface area is 168 Å². The second kappa shape index (κ2) is 8.50. The largest absolute Gasteiger partial charge is 0.341 e. The molecule has 1 saturated heterocycles. The molecule has 0 saturated carbocycles. The van der Waals surface area contributed by atoms with Crippen LogP contribution in [0.25, 0.3) is 0 Å². The zero-order chi connectivity index (χ0) is 20.4. The van der Waals surface area contributed by atoms with Crippen molar-refractivity contribution in [2.24, 2.45) is 11.3 Å². The van der Waals surface area contributed by atoms with Gasteiger partial charge in [-0.05, 0) is 48.3 Å². The number of sulfonamides is 1. The van der Waals surface area contributed by atoms with Gasteiger partial charge in [-0.25, -0.2) is 13.1 Å². The van der Waals surface area contributed by atoms with Gasteiger partial charge in [-0.3, -0.25) is 4.79 Å². The second-order valence-electron chi connectivity index (χ2n) is 8.38. The van der Waals surface area contributed by atoms with Crippen molar-refractivity contribution in [3.8, 4) is 0 Å². The zero-order valence-electron chi connectivity index (χ0n) is 16.8. The Kier molecular flexibility index (Phi) is 6.98. The highest BCUT2D eigenvalue weighted by molar-refractivity contribution is 7.89. The van der Waals surface area contributed by atoms with Crippen molar-refractivity contribution in [3.63, 3.8) is 0 Å². The molecular weight excluding hydrogens is 384 g/mol. The van der Waals surface area contributed by atoms with Gasteiger partial charge >= 0.3 is 0 Å². The van der Waals surface area contributed by atoms with Gasteiger partial charge in [-0.15, -0.1) is 0 Å². The molecule has 27 heavy (non-hydrogen) atoms. The summed E-state index contributed by atoms with van der Waals surface area (Å²) in [5.41, 5.74) is 1.11. The zero-order valence-corrected chi connectivity index (χ0v) is 18.4. The summed E-state index contributed by atoms with van der Waals surface area (Å²) in [6.07, 6.45) is 0.839. The van der Waals surface area contributed by atoms with Crippen LogP contribution in [0.3, 0.4) is 0 Å². The number of halogens is 1. The average Bonchev–Trinajstić information content (AvgIpc) is 2.59. The van der Waals surface area contributed by atoms with Gasteiger partial charge in [0.25, 0.3) is 0 Å². The van der Waals surface area contributed by atoms with Crippen molar-refractivity contribution in [2.75, 3.05) is 18.8 Å². The third-order valence-corrected chi connectivity index (χ3v) is 7.06. The van der Waals surface area contributed by atoms with Gasteiger partial charge in [0, 0.05) is 18.1 Å². The normalized spacial score (nSPS) is 21.3. The lowest BCUT2D eigenvalue weighted by Gasteiger charge is -2.45. The number of carbonyl (C=O) groups excluding carboxylic acids is 1. The summed E-state index contributed by atoms with van der Waals surface area (Å²) in [4.78, 5) is 14.9. The van der Waals surface area contributed by atoms with Crippen LogP contribution in [0.15, 0.2) is 24.3 Å². The molecule has 1 aromatic rings. The summed E-state index contributed by atoms with van der Waals surface area (Å²) in [5, 5.41) is 0.715. The Morgan fingerprint density at radius 1 is 1.30 bits per heavy atom. The Bertz CT molecular complexity index is 760. The SMILES string of the molecule is CCS(=O)(=O)N[C@@H](C(=O)N1CC[C@H](c2ccc(Cl)cc2)C(C)(C)C1)C(C)C. The summed E-state index contributed by atoms with van der Waals surface area (Å²) in [6.45, 7) is 10.8. The number of nitrogens with one attached hydrogen (secondary N) is 1. The fraction of sp³-hybridized carbons (Fsp3) is 0.650. The van der Waals surface area contributed by atoms with Crippen LogP contribution in [0.4, 0.5) is 0 Å². The topological polar surface area (TPSA) is 66.5 Å². The molecule has 0 aliphatic carbocycles. The maximum absolute atomic E-state index is 13.1. The van der Waals surface area contributed by atoms with Gasteiger partial charge in [-0.1, -0.05) is 51.4 Å². The van der Waals surface area contributed by atoms with Crippen LogP contribution >= 0.6 is 11.6 Å². The van der Waals surface area contributed by atoms with Crippen LogP contribution in [0.2, 0.25) is 5.02 Å². The van der Waals surface area contributed by atoms with Crippen molar-refractivity contribution < 1.29 is 13.2 Å². The molecule has 0 unspecified atom stereocenters. The van der Waals surface area contributed by atoms with E-state index in [2.05, 4.69) is 30.7 Å². The molecule has 0 radical (unpaired) electrons. The van der Waals surface area contributed by atoms with E-state index < -0.39 is 16.1 Å². The van der Waals surface area contributed by atoms with E-state index in [0.29, 0.717) is 24.0 Å². The maximum Gasteiger partial charge on any atom is 0.241 e. The van der Waals surface area contributed by atoms with Crippen molar-refractivity contribution in [1.29, 1.82) is 0 Å². The predicted molar refractivity (Wildman–Crippen MR) is 110 cm³/mol. The lowest BCUT2D eigenvalue weighted by Crippen LogP contribution is -2.56. The summed E-state index contributed by atoms with van der Waals surface area (Å²) in [7, 11) is -3.44. The van der Waals surface area contributed by atoms with Crippen LogP contribution in [-0.2, 0) is 14.8 Å². The van der Waals surface area contributed by atoms with Gasteiger partial charge in [0.05, 0.1) is 5.75 Å². The molecule has 0 spiro atoms. The summed E-state index contributed by atoms with van der Waals surface area (Å²) in [5.74, 6) is 0.0393.